The second kappa shape index (κ2) is 47.7. The molecular weight excluding hydrogens is 657 g/mol. The van der Waals surface area contributed by atoms with Crippen LogP contribution in [0.2, 0.25) is 0 Å². The Morgan fingerprint density at radius 2 is 1.12 bits per heavy atom. The Kier molecular flexibility index (Phi) is 47.6. The van der Waals surface area contributed by atoms with Gasteiger partial charge in [-0.25, -0.2) is 0 Å². The van der Waals surface area contributed by atoms with E-state index in [-0.39, 0.29) is 19.2 Å². The molecule has 0 aliphatic rings. The lowest BCUT2D eigenvalue weighted by molar-refractivity contribution is -0.153. The van der Waals surface area contributed by atoms with Crippen LogP contribution >= 0.6 is 9.03 Å². The van der Waals surface area contributed by atoms with Crippen LogP contribution in [0.5, 0.6) is 0 Å². The summed E-state index contributed by atoms with van der Waals surface area (Å²) in [5, 5.41) is 9.52. The van der Waals surface area contributed by atoms with Crippen LogP contribution in [0.15, 0.2) is 85.3 Å². The lowest BCUT2D eigenvalue weighted by Crippen LogP contribution is -2.26. The third kappa shape index (κ3) is 47.7. The highest BCUT2D eigenvalue weighted by molar-refractivity contribution is 7.24. The standard InChI is InChI=1S/C41H68O4.C2H8NO2P/c1-3-5-7-9-11-13-15-17-19-20-21-22-23-24-26-28-30-32-34-36-41(43)45-40(38-42)39-44-37-35-33-31-29-27-25-18-16-14-12-10-8-6-4-2;3-1-2-5-6-4/h5,7,11,13,17,19,21-22,24,26,30,32,35,37,40,42H,3-4,6,8-10,12,14-16,18,20,23,25,27-29,31,33-34,36,38-39H2,1-2H3;4,6H,1-3H2/b7-5-,13-11-,19-17-,22-21-,26-24-,32-30-,37-35-;. The van der Waals surface area contributed by atoms with Gasteiger partial charge in [0.25, 0.3) is 0 Å². The van der Waals surface area contributed by atoms with Crippen LogP contribution in [0.25, 0.3) is 0 Å². The molecule has 0 aliphatic heterocycles. The van der Waals surface area contributed by atoms with Gasteiger partial charge in [-0.15, -0.1) is 0 Å². The normalized spacial score (nSPS) is 13.0. The highest BCUT2D eigenvalue weighted by Gasteiger charge is 2.13. The van der Waals surface area contributed by atoms with Crippen molar-refractivity contribution in [2.45, 2.75) is 155 Å². The number of allylic oxidation sites excluding steroid dienone is 13. The zero-order valence-corrected chi connectivity index (χ0v) is 33.4. The molecule has 7 nitrogen and oxygen atoms in total. The predicted molar refractivity (Wildman–Crippen MR) is 221 cm³/mol. The van der Waals surface area contributed by atoms with Crippen LogP contribution < -0.4 is 5.73 Å². The maximum atomic E-state index is 12.1. The Labute approximate surface area is 315 Å². The number of hydrogen-bond acceptors (Lipinski definition) is 7. The second-order valence-electron chi connectivity index (χ2n) is 12.4. The van der Waals surface area contributed by atoms with E-state index in [0.29, 0.717) is 26.0 Å². The first-order valence-corrected chi connectivity index (χ1v) is 20.7. The van der Waals surface area contributed by atoms with E-state index in [4.69, 9.17) is 20.1 Å². The largest absolute Gasteiger partial charge is 0.498 e. The second-order valence-corrected chi connectivity index (χ2v) is 12.8. The Hall–Kier alpha value is -2.28. The van der Waals surface area contributed by atoms with E-state index < -0.39 is 15.1 Å². The molecule has 0 aromatic rings. The van der Waals surface area contributed by atoms with E-state index >= 15 is 0 Å². The minimum atomic E-state index is -0.626. The van der Waals surface area contributed by atoms with Gasteiger partial charge in [0.05, 0.1) is 19.5 Å². The smallest absolute Gasteiger partial charge is 0.306 e. The van der Waals surface area contributed by atoms with E-state index in [1.807, 2.05) is 12.2 Å². The first-order valence-electron chi connectivity index (χ1n) is 19.8. The fraction of sp³-hybridized carbons (Fsp3) is 0.651. The van der Waals surface area contributed by atoms with E-state index in [2.05, 4.69) is 85.2 Å². The number of carbonyl (C=O) groups excluding carboxylic acids is 1. The average molecular weight is 734 g/mol. The summed E-state index contributed by atoms with van der Waals surface area (Å²) in [5.41, 5.74) is 4.98. The molecule has 0 spiro atoms. The molecule has 2 atom stereocenters. The summed E-state index contributed by atoms with van der Waals surface area (Å²) in [4.78, 5) is 20.0. The lowest BCUT2D eigenvalue weighted by Gasteiger charge is -2.14. The highest BCUT2D eigenvalue weighted by Crippen LogP contribution is 2.12. The number of unbranched alkanes of at least 4 members (excludes halogenated alkanes) is 12. The fourth-order valence-corrected chi connectivity index (χ4v) is 4.93. The number of esters is 1. The molecule has 0 aromatic carbocycles. The molecule has 0 rings (SSSR count). The number of ether oxygens (including phenoxy) is 2. The maximum absolute atomic E-state index is 12.1. The maximum Gasteiger partial charge on any atom is 0.306 e. The van der Waals surface area contributed by atoms with Gasteiger partial charge in [-0.1, -0.05) is 157 Å². The molecule has 0 aromatic heterocycles. The van der Waals surface area contributed by atoms with Gasteiger partial charge < -0.3 is 29.7 Å². The van der Waals surface area contributed by atoms with Crippen molar-refractivity contribution in [1.29, 1.82) is 0 Å². The molecule has 0 bridgehead atoms. The Bertz CT molecular complexity index is 908. The minimum Gasteiger partial charge on any atom is -0.498 e. The predicted octanol–water partition coefficient (Wildman–Crippen LogP) is 11.5. The molecule has 2 unspecified atom stereocenters. The topological polar surface area (TPSA) is 111 Å². The molecule has 294 valence electrons. The number of carbonyl (C=O) groups is 1. The van der Waals surface area contributed by atoms with Gasteiger partial charge in [0.15, 0.2) is 15.1 Å². The third-order valence-corrected chi connectivity index (χ3v) is 7.93. The van der Waals surface area contributed by atoms with Crippen molar-refractivity contribution in [2.75, 3.05) is 26.4 Å². The van der Waals surface area contributed by atoms with E-state index in [1.54, 1.807) is 6.26 Å². The van der Waals surface area contributed by atoms with Crippen LogP contribution in [-0.2, 0) is 18.8 Å². The number of nitrogens with two attached hydrogens (primary N) is 1. The summed E-state index contributed by atoms with van der Waals surface area (Å²) in [6.07, 6.45) is 53.0. The third-order valence-electron chi connectivity index (χ3n) is 7.60. The van der Waals surface area contributed by atoms with Crippen LogP contribution in [0.3, 0.4) is 0 Å². The van der Waals surface area contributed by atoms with Crippen LogP contribution in [0.4, 0.5) is 0 Å². The summed E-state index contributed by atoms with van der Waals surface area (Å²) in [7, 11) is -0.415. The molecule has 4 N–H and O–H groups in total. The molecule has 0 aliphatic carbocycles. The van der Waals surface area contributed by atoms with Crippen molar-refractivity contribution in [3.63, 3.8) is 0 Å². The summed E-state index contributed by atoms with van der Waals surface area (Å²) < 4.78 is 15.3. The van der Waals surface area contributed by atoms with Crippen LogP contribution in [-0.4, -0.2) is 48.4 Å². The van der Waals surface area contributed by atoms with Gasteiger partial charge >= 0.3 is 5.97 Å². The quantitative estimate of drug-likeness (QED) is 0.0195. The van der Waals surface area contributed by atoms with Crippen molar-refractivity contribution in [1.82, 2.24) is 0 Å². The van der Waals surface area contributed by atoms with E-state index in [1.165, 1.54) is 77.0 Å². The van der Waals surface area contributed by atoms with Gasteiger partial charge in [-0.2, -0.15) is 0 Å². The average Bonchev–Trinajstić information content (AvgIpc) is 3.14. The molecule has 0 radical (unpaired) electrons. The fourth-order valence-electron chi connectivity index (χ4n) is 4.72. The van der Waals surface area contributed by atoms with Crippen molar-refractivity contribution >= 4 is 15.0 Å². The number of aliphatic hydroxyl groups excluding tert-OH is 1. The zero-order valence-electron chi connectivity index (χ0n) is 32.4. The first-order chi connectivity index (χ1) is 25.2. The lowest BCUT2D eigenvalue weighted by atomic mass is 10.0. The summed E-state index contributed by atoms with van der Waals surface area (Å²) >= 11 is 0. The van der Waals surface area contributed by atoms with Crippen LogP contribution in [0.1, 0.15) is 149 Å². The van der Waals surface area contributed by atoms with Gasteiger partial charge in [0.2, 0.25) is 0 Å². The summed E-state index contributed by atoms with van der Waals surface area (Å²) in [6.45, 7) is 5.29. The van der Waals surface area contributed by atoms with Crippen molar-refractivity contribution in [2.24, 2.45) is 5.73 Å². The summed E-state index contributed by atoms with van der Waals surface area (Å²) in [6, 6.07) is 0. The first kappa shape index (κ1) is 50.8. The van der Waals surface area contributed by atoms with Crippen molar-refractivity contribution in [3.05, 3.63) is 85.3 Å². The number of rotatable bonds is 35. The van der Waals surface area contributed by atoms with Gasteiger partial charge in [-0.05, 0) is 63.9 Å². The molecule has 0 saturated carbocycles. The van der Waals surface area contributed by atoms with Crippen molar-refractivity contribution < 1.29 is 28.8 Å². The molecule has 0 amide bonds. The Balaban J connectivity index is 0. The molecule has 0 heterocycles. The van der Waals surface area contributed by atoms with Gasteiger partial charge in [-0.3, -0.25) is 4.79 Å². The monoisotopic (exact) mass is 734 g/mol. The van der Waals surface area contributed by atoms with Gasteiger partial charge in [0.1, 0.15) is 6.61 Å². The highest BCUT2D eigenvalue weighted by atomic mass is 31.1. The molecule has 8 heteroatoms. The number of aliphatic hydroxyl groups is 1. The Morgan fingerprint density at radius 3 is 1.55 bits per heavy atom. The van der Waals surface area contributed by atoms with Crippen molar-refractivity contribution in [3.8, 4) is 0 Å². The van der Waals surface area contributed by atoms with Crippen LogP contribution in [0, 0.1) is 0 Å². The van der Waals surface area contributed by atoms with E-state index in [9.17, 15) is 9.90 Å². The van der Waals surface area contributed by atoms with Gasteiger partial charge in [0, 0.05) is 13.0 Å². The summed E-state index contributed by atoms with van der Waals surface area (Å²) in [5.74, 6) is -0.308. The zero-order chi connectivity index (χ0) is 37.6. The Morgan fingerprint density at radius 1 is 0.647 bits per heavy atom. The molecule has 51 heavy (non-hydrogen) atoms. The number of hydrogen-bond donors (Lipinski definition) is 3. The minimum absolute atomic E-state index is 0.178. The van der Waals surface area contributed by atoms with E-state index in [0.717, 1.165) is 44.9 Å². The SMILES string of the molecule is CC/C=C\C/C=C\C/C=C\C/C=C\C/C=C\C/C=C\CCC(=O)OC(CO)CO/C=C\CCCCCCCCCCCCCC.NCCOPO. The molecular formula is C43H76NO6P. The molecule has 0 fully saturated rings. The molecule has 0 saturated heterocycles.